The van der Waals surface area contributed by atoms with Gasteiger partial charge in [-0.25, -0.2) is 0 Å². The van der Waals surface area contributed by atoms with Gasteiger partial charge in [0.2, 0.25) is 5.75 Å². The molecule has 1 N–H and O–H groups in total. The van der Waals surface area contributed by atoms with Crippen LogP contribution in [0, 0.1) is 0 Å². The summed E-state index contributed by atoms with van der Waals surface area (Å²) < 4.78 is 18.0. The molecule has 3 aromatic rings. The van der Waals surface area contributed by atoms with Crippen LogP contribution in [0.2, 0.25) is 0 Å². The average Bonchev–Trinajstić information content (AvgIpc) is 3.20. The molecule has 0 saturated carbocycles. The number of fused-ring (bicyclic) bond motifs is 1. The van der Waals surface area contributed by atoms with E-state index in [1.54, 1.807) is 12.1 Å². The standard InChI is InChI=1S/C23H30N4O4.ClH/c1-6-26(7-2)10-11-27-19-9-8-18(12-17(19)15-24-27)25-23(28)16-13-20(29-3)22(31-5)21(14-16)30-4;/h8-9,12-15H,6-7,10-11H2,1-5H3,(H,25,28);1H. The van der Waals surface area contributed by atoms with Gasteiger partial charge < -0.3 is 24.4 Å². The number of ether oxygens (including phenoxy) is 3. The van der Waals surface area contributed by atoms with Crippen molar-refractivity contribution in [3.63, 3.8) is 0 Å². The fraction of sp³-hybridized carbons (Fsp3) is 0.391. The lowest BCUT2D eigenvalue weighted by Crippen LogP contribution is -2.27. The molecular formula is C23H31ClN4O4. The Labute approximate surface area is 194 Å². The summed E-state index contributed by atoms with van der Waals surface area (Å²) in [6, 6.07) is 9.04. The SMILES string of the molecule is CCN(CC)CCn1ncc2cc(NC(=O)c3cc(OC)c(OC)c(OC)c3)ccc21.Cl. The highest BCUT2D eigenvalue weighted by Crippen LogP contribution is 2.38. The third-order valence-electron chi connectivity index (χ3n) is 5.35. The molecule has 174 valence electrons. The minimum Gasteiger partial charge on any atom is -0.493 e. The summed E-state index contributed by atoms with van der Waals surface area (Å²) in [5.41, 5.74) is 2.14. The zero-order chi connectivity index (χ0) is 22.4. The van der Waals surface area contributed by atoms with E-state index in [1.165, 1.54) is 21.3 Å². The molecule has 1 aromatic heterocycles. The van der Waals surface area contributed by atoms with Crippen molar-refractivity contribution in [3.8, 4) is 17.2 Å². The normalized spacial score (nSPS) is 10.7. The van der Waals surface area contributed by atoms with Crippen LogP contribution >= 0.6 is 12.4 Å². The lowest BCUT2D eigenvalue weighted by molar-refractivity contribution is 0.102. The maximum atomic E-state index is 12.8. The van der Waals surface area contributed by atoms with Gasteiger partial charge in [-0.2, -0.15) is 5.10 Å². The van der Waals surface area contributed by atoms with Gasteiger partial charge in [-0.15, -0.1) is 12.4 Å². The first kappa shape index (κ1) is 25.3. The van der Waals surface area contributed by atoms with Gasteiger partial charge in [0, 0.05) is 23.2 Å². The van der Waals surface area contributed by atoms with Crippen LogP contribution in [0.25, 0.3) is 10.9 Å². The number of hydrogen-bond acceptors (Lipinski definition) is 6. The van der Waals surface area contributed by atoms with E-state index < -0.39 is 0 Å². The molecule has 32 heavy (non-hydrogen) atoms. The van der Waals surface area contributed by atoms with E-state index >= 15 is 0 Å². The lowest BCUT2D eigenvalue weighted by atomic mass is 10.1. The van der Waals surface area contributed by atoms with Crippen LogP contribution < -0.4 is 19.5 Å². The van der Waals surface area contributed by atoms with E-state index in [0.29, 0.717) is 28.5 Å². The number of carbonyl (C=O) groups excluding carboxylic acids is 1. The molecule has 8 nitrogen and oxygen atoms in total. The van der Waals surface area contributed by atoms with Gasteiger partial charge in [0.05, 0.1) is 39.6 Å². The van der Waals surface area contributed by atoms with Crippen LogP contribution in [-0.2, 0) is 6.54 Å². The summed E-state index contributed by atoms with van der Waals surface area (Å²) in [5.74, 6) is 1.03. The smallest absolute Gasteiger partial charge is 0.255 e. The molecule has 3 rings (SSSR count). The summed E-state index contributed by atoms with van der Waals surface area (Å²) >= 11 is 0. The first-order valence-electron chi connectivity index (χ1n) is 10.3. The number of methoxy groups -OCH3 is 3. The van der Waals surface area contributed by atoms with Gasteiger partial charge >= 0.3 is 0 Å². The van der Waals surface area contributed by atoms with Crippen LogP contribution in [0.15, 0.2) is 36.5 Å². The Morgan fingerprint density at radius 1 is 1.03 bits per heavy atom. The van der Waals surface area contributed by atoms with Crippen LogP contribution in [0.1, 0.15) is 24.2 Å². The Kier molecular flexibility index (Phi) is 9.16. The third kappa shape index (κ3) is 5.44. The summed E-state index contributed by atoms with van der Waals surface area (Å²) in [5, 5.41) is 8.42. The van der Waals surface area contributed by atoms with Crippen molar-refractivity contribution in [1.82, 2.24) is 14.7 Å². The molecule has 0 atom stereocenters. The highest BCUT2D eigenvalue weighted by atomic mass is 35.5. The number of nitrogens with one attached hydrogen (secondary N) is 1. The van der Waals surface area contributed by atoms with E-state index in [4.69, 9.17) is 14.2 Å². The molecule has 0 aliphatic carbocycles. The van der Waals surface area contributed by atoms with Crippen molar-refractivity contribution in [1.29, 1.82) is 0 Å². The predicted molar refractivity (Wildman–Crippen MR) is 129 cm³/mol. The number of aromatic nitrogens is 2. The lowest BCUT2D eigenvalue weighted by Gasteiger charge is -2.17. The molecule has 0 spiro atoms. The summed E-state index contributed by atoms with van der Waals surface area (Å²) in [6.45, 7) is 8.13. The largest absolute Gasteiger partial charge is 0.493 e. The van der Waals surface area contributed by atoms with E-state index in [9.17, 15) is 4.79 Å². The second kappa shape index (κ2) is 11.6. The number of likely N-dealkylation sites (N-methyl/N-ethyl adjacent to an activating group) is 1. The van der Waals surface area contributed by atoms with E-state index in [2.05, 4.69) is 29.2 Å². The number of benzene rings is 2. The van der Waals surface area contributed by atoms with Crippen molar-refractivity contribution in [3.05, 3.63) is 42.1 Å². The second-order valence-corrected chi connectivity index (χ2v) is 7.04. The molecule has 0 unspecified atom stereocenters. The van der Waals surface area contributed by atoms with Gasteiger partial charge in [-0.05, 0) is 43.4 Å². The second-order valence-electron chi connectivity index (χ2n) is 7.04. The van der Waals surface area contributed by atoms with Crippen LogP contribution in [0.3, 0.4) is 0 Å². The molecular weight excluding hydrogens is 432 g/mol. The van der Waals surface area contributed by atoms with Gasteiger partial charge in [0.15, 0.2) is 11.5 Å². The van der Waals surface area contributed by atoms with Gasteiger partial charge in [0.1, 0.15) is 0 Å². The summed E-state index contributed by atoms with van der Waals surface area (Å²) in [4.78, 5) is 15.2. The molecule has 0 aliphatic rings. The number of hydrogen-bond donors (Lipinski definition) is 1. The van der Waals surface area contributed by atoms with Gasteiger partial charge in [0.25, 0.3) is 5.91 Å². The zero-order valence-corrected chi connectivity index (χ0v) is 20.0. The molecule has 9 heteroatoms. The highest BCUT2D eigenvalue weighted by Gasteiger charge is 2.17. The highest BCUT2D eigenvalue weighted by molar-refractivity contribution is 6.05. The molecule has 0 aliphatic heterocycles. The fourth-order valence-corrected chi connectivity index (χ4v) is 3.53. The third-order valence-corrected chi connectivity index (χ3v) is 5.35. The zero-order valence-electron chi connectivity index (χ0n) is 19.2. The quantitative estimate of drug-likeness (QED) is 0.489. The van der Waals surface area contributed by atoms with E-state index in [0.717, 1.165) is 37.1 Å². The Hall–Kier alpha value is -2.97. The first-order valence-corrected chi connectivity index (χ1v) is 10.3. The van der Waals surface area contributed by atoms with Crippen molar-refractivity contribution in [2.75, 3.05) is 46.3 Å². The molecule has 2 aromatic carbocycles. The van der Waals surface area contributed by atoms with Crippen molar-refractivity contribution < 1.29 is 19.0 Å². The van der Waals surface area contributed by atoms with Gasteiger partial charge in [-0.1, -0.05) is 13.8 Å². The minimum absolute atomic E-state index is 0. The van der Waals surface area contributed by atoms with Crippen LogP contribution in [0.4, 0.5) is 5.69 Å². The summed E-state index contributed by atoms with van der Waals surface area (Å²) in [6.07, 6.45) is 1.83. The topological polar surface area (TPSA) is 77.9 Å². The monoisotopic (exact) mass is 462 g/mol. The maximum absolute atomic E-state index is 12.8. The first-order chi connectivity index (χ1) is 15.0. The van der Waals surface area contributed by atoms with E-state index in [-0.39, 0.29) is 18.3 Å². The molecule has 0 radical (unpaired) electrons. The molecule has 1 heterocycles. The number of carbonyl (C=O) groups is 1. The molecule has 0 bridgehead atoms. The molecule has 0 saturated heterocycles. The van der Waals surface area contributed by atoms with E-state index in [1.807, 2.05) is 29.1 Å². The Balaban J connectivity index is 0.00000363. The minimum atomic E-state index is -0.271. The fourth-order valence-electron chi connectivity index (χ4n) is 3.53. The number of anilines is 1. The average molecular weight is 463 g/mol. The number of rotatable bonds is 10. The molecule has 0 fully saturated rings. The summed E-state index contributed by atoms with van der Waals surface area (Å²) in [7, 11) is 4.56. The van der Waals surface area contributed by atoms with Crippen LogP contribution in [0.5, 0.6) is 17.2 Å². The Morgan fingerprint density at radius 3 is 2.25 bits per heavy atom. The predicted octanol–water partition coefficient (Wildman–Crippen LogP) is 4.08. The molecule has 1 amide bonds. The van der Waals surface area contributed by atoms with Crippen molar-refractivity contribution >= 4 is 34.9 Å². The van der Waals surface area contributed by atoms with Crippen molar-refractivity contribution in [2.24, 2.45) is 0 Å². The Morgan fingerprint density at radius 2 is 1.69 bits per heavy atom. The van der Waals surface area contributed by atoms with Crippen molar-refractivity contribution in [2.45, 2.75) is 20.4 Å². The number of amides is 1. The van der Waals surface area contributed by atoms with Gasteiger partial charge in [-0.3, -0.25) is 9.48 Å². The number of nitrogens with zero attached hydrogens (tertiary/aromatic N) is 3. The van der Waals surface area contributed by atoms with Crippen LogP contribution in [-0.4, -0.2) is 61.6 Å². The number of halogens is 1. The Bertz CT molecular complexity index is 1020. The maximum Gasteiger partial charge on any atom is 0.255 e.